The predicted molar refractivity (Wildman–Crippen MR) is 114 cm³/mol. The van der Waals surface area contributed by atoms with E-state index in [0.717, 1.165) is 5.56 Å². The molecule has 0 fully saturated rings. The molecule has 0 aromatic heterocycles. The zero-order valence-electron chi connectivity index (χ0n) is 17.7. The van der Waals surface area contributed by atoms with Gasteiger partial charge in [0.15, 0.2) is 11.5 Å². The van der Waals surface area contributed by atoms with Crippen LogP contribution in [0.15, 0.2) is 42.0 Å². The van der Waals surface area contributed by atoms with Gasteiger partial charge < -0.3 is 24.3 Å². The van der Waals surface area contributed by atoms with E-state index in [1.165, 1.54) is 6.08 Å². The summed E-state index contributed by atoms with van der Waals surface area (Å²) < 4.78 is 21.6. The Bertz CT molecular complexity index is 947. The maximum atomic E-state index is 12.5. The molecule has 2 rings (SSSR count). The highest BCUT2D eigenvalue weighted by Gasteiger charge is 2.12. The summed E-state index contributed by atoms with van der Waals surface area (Å²) in [6, 6.07) is 12.5. The second-order valence-corrected chi connectivity index (χ2v) is 6.10. The molecule has 0 atom stereocenters. The van der Waals surface area contributed by atoms with Gasteiger partial charge in [0.25, 0.3) is 5.91 Å². The molecule has 7 nitrogen and oxygen atoms in total. The molecule has 1 amide bonds. The van der Waals surface area contributed by atoms with E-state index in [4.69, 9.17) is 18.9 Å². The van der Waals surface area contributed by atoms with Gasteiger partial charge in [-0.15, -0.1) is 0 Å². The summed E-state index contributed by atoms with van der Waals surface area (Å²) in [7, 11) is 3.11. The van der Waals surface area contributed by atoms with Gasteiger partial charge in [-0.25, -0.2) is 0 Å². The minimum Gasteiger partial charge on any atom is -0.497 e. The molecule has 2 aromatic carbocycles. The molecule has 1 N–H and O–H groups in total. The van der Waals surface area contributed by atoms with E-state index in [1.54, 1.807) is 50.6 Å². The molecule has 0 aliphatic carbocycles. The minimum absolute atomic E-state index is 0.0194. The van der Waals surface area contributed by atoms with Gasteiger partial charge in [-0.05, 0) is 49.8 Å². The molecule has 30 heavy (non-hydrogen) atoms. The van der Waals surface area contributed by atoms with Crippen LogP contribution in [0.3, 0.4) is 0 Å². The molecule has 0 aliphatic rings. The Balaban J connectivity index is 2.17. The lowest BCUT2D eigenvalue weighted by atomic mass is 10.1. The lowest BCUT2D eigenvalue weighted by molar-refractivity contribution is -0.117. The number of rotatable bonds is 10. The summed E-state index contributed by atoms with van der Waals surface area (Å²) in [5, 5.41) is 12.2. The smallest absolute Gasteiger partial charge is 0.262 e. The fourth-order valence-corrected chi connectivity index (χ4v) is 2.74. The van der Waals surface area contributed by atoms with Gasteiger partial charge in [-0.3, -0.25) is 4.79 Å². The number of amides is 1. The number of nitrogens with one attached hydrogen (secondary N) is 1. The zero-order valence-corrected chi connectivity index (χ0v) is 17.7. The Morgan fingerprint density at radius 3 is 2.37 bits per heavy atom. The molecule has 0 bridgehead atoms. The molecule has 0 radical (unpaired) electrons. The van der Waals surface area contributed by atoms with E-state index in [1.807, 2.05) is 19.9 Å². The molecule has 0 heterocycles. The minimum atomic E-state index is -0.484. The van der Waals surface area contributed by atoms with Crippen molar-refractivity contribution >= 4 is 12.0 Å². The molecular formula is C23H26N2O5. The highest BCUT2D eigenvalue weighted by molar-refractivity contribution is 6.01. The topological polar surface area (TPSA) is 89.8 Å². The van der Waals surface area contributed by atoms with Crippen LogP contribution in [0, 0.1) is 11.3 Å². The van der Waals surface area contributed by atoms with Crippen molar-refractivity contribution in [1.82, 2.24) is 5.32 Å². The van der Waals surface area contributed by atoms with Crippen LogP contribution in [0.4, 0.5) is 0 Å². The highest BCUT2D eigenvalue weighted by Crippen LogP contribution is 2.29. The summed E-state index contributed by atoms with van der Waals surface area (Å²) in [5.74, 6) is 1.94. The fourth-order valence-electron chi connectivity index (χ4n) is 2.74. The van der Waals surface area contributed by atoms with Crippen LogP contribution in [0.5, 0.6) is 23.0 Å². The Morgan fingerprint density at radius 1 is 1.00 bits per heavy atom. The van der Waals surface area contributed by atoms with Crippen molar-refractivity contribution in [2.24, 2.45) is 0 Å². The number of hydrogen-bond acceptors (Lipinski definition) is 6. The first kappa shape index (κ1) is 22.6. The summed E-state index contributed by atoms with van der Waals surface area (Å²) in [5.41, 5.74) is 1.41. The lowest BCUT2D eigenvalue weighted by Crippen LogP contribution is -2.24. The van der Waals surface area contributed by atoms with Crippen LogP contribution >= 0.6 is 0 Å². The van der Waals surface area contributed by atoms with E-state index < -0.39 is 5.91 Å². The van der Waals surface area contributed by atoms with E-state index in [0.29, 0.717) is 41.8 Å². The van der Waals surface area contributed by atoms with Gasteiger partial charge >= 0.3 is 0 Å². The second-order valence-electron chi connectivity index (χ2n) is 6.10. The Morgan fingerprint density at radius 2 is 1.73 bits per heavy atom. The normalized spacial score (nSPS) is 10.7. The van der Waals surface area contributed by atoms with Crippen molar-refractivity contribution in [1.29, 1.82) is 5.26 Å². The van der Waals surface area contributed by atoms with E-state index in [2.05, 4.69) is 5.32 Å². The van der Waals surface area contributed by atoms with Crippen LogP contribution in [-0.2, 0) is 11.3 Å². The van der Waals surface area contributed by atoms with Crippen LogP contribution in [0.2, 0.25) is 0 Å². The number of carbonyl (C=O) groups is 1. The van der Waals surface area contributed by atoms with E-state index in [-0.39, 0.29) is 12.1 Å². The maximum Gasteiger partial charge on any atom is 0.262 e. The molecular weight excluding hydrogens is 384 g/mol. The third kappa shape index (κ3) is 5.92. The first-order valence-corrected chi connectivity index (χ1v) is 9.56. The van der Waals surface area contributed by atoms with Crippen molar-refractivity contribution in [3.63, 3.8) is 0 Å². The summed E-state index contributed by atoms with van der Waals surface area (Å²) >= 11 is 0. The fraction of sp³-hybridized carbons (Fsp3) is 0.304. The standard InChI is InChI=1S/C23H26N2O5/c1-5-29-20-10-7-16(12-22(20)30-6-2)11-18(14-24)23(26)25-15-17-8-9-19(27-3)13-21(17)28-4/h7-13H,5-6,15H2,1-4H3,(H,25,26)/b18-11+. The van der Waals surface area contributed by atoms with Gasteiger partial charge in [-0.2, -0.15) is 5.26 Å². The maximum absolute atomic E-state index is 12.5. The average molecular weight is 410 g/mol. The SMILES string of the molecule is CCOc1ccc(/C=C(\C#N)C(=O)NCc2ccc(OC)cc2OC)cc1OCC. The molecule has 0 spiro atoms. The monoisotopic (exact) mass is 410 g/mol. The number of nitrogens with zero attached hydrogens (tertiary/aromatic N) is 1. The third-order valence-corrected chi connectivity index (χ3v) is 4.18. The summed E-state index contributed by atoms with van der Waals surface area (Å²) in [6.07, 6.45) is 1.51. The van der Waals surface area contributed by atoms with Gasteiger partial charge in [0.05, 0.1) is 27.4 Å². The third-order valence-electron chi connectivity index (χ3n) is 4.18. The highest BCUT2D eigenvalue weighted by atomic mass is 16.5. The second kappa shape index (κ2) is 11.4. The van der Waals surface area contributed by atoms with E-state index in [9.17, 15) is 10.1 Å². The van der Waals surface area contributed by atoms with Crippen molar-refractivity contribution in [2.75, 3.05) is 27.4 Å². The molecule has 0 aliphatic heterocycles. The Kier molecular flexibility index (Phi) is 8.57. The number of carbonyl (C=O) groups excluding carboxylic acids is 1. The van der Waals surface area contributed by atoms with Gasteiger partial charge in [0.2, 0.25) is 0 Å². The molecule has 158 valence electrons. The van der Waals surface area contributed by atoms with Crippen molar-refractivity contribution in [2.45, 2.75) is 20.4 Å². The number of benzene rings is 2. The summed E-state index contributed by atoms with van der Waals surface area (Å²) in [4.78, 5) is 12.5. The molecule has 0 saturated carbocycles. The zero-order chi connectivity index (χ0) is 21.9. The van der Waals surface area contributed by atoms with Crippen LogP contribution in [-0.4, -0.2) is 33.3 Å². The van der Waals surface area contributed by atoms with Crippen molar-refractivity contribution < 1.29 is 23.7 Å². The van der Waals surface area contributed by atoms with Crippen LogP contribution < -0.4 is 24.3 Å². The number of nitriles is 1. The first-order valence-electron chi connectivity index (χ1n) is 9.56. The largest absolute Gasteiger partial charge is 0.497 e. The van der Waals surface area contributed by atoms with E-state index >= 15 is 0 Å². The molecule has 0 unspecified atom stereocenters. The van der Waals surface area contributed by atoms with Gasteiger partial charge in [0.1, 0.15) is 23.1 Å². The Labute approximate surface area is 176 Å². The first-order chi connectivity index (χ1) is 14.6. The summed E-state index contributed by atoms with van der Waals surface area (Å²) in [6.45, 7) is 4.95. The quantitative estimate of drug-likeness (QED) is 0.474. The number of hydrogen-bond donors (Lipinski definition) is 1. The lowest BCUT2D eigenvalue weighted by Gasteiger charge is -2.12. The average Bonchev–Trinajstić information content (AvgIpc) is 2.77. The van der Waals surface area contributed by atoms with Gasteiger partial charge in [0, 0.05) is 18.2 Å². The van der Waals surface area contributed by atoms with Crippen molar-refractivity contribution in [3.05, 3.63) is 53.1 Å². The molecule has 2 aromatic rings. The van der Waals surface area contributed by atoms with Crippen LogP contribution in [0.25, 0.3) is 6.08 Å². The van der Waals surface area contributed by atoms with Gasteiger partial charge in [-0.1, -0.05) is 6.07 Å². The molecule has 7 heteroatoms. The molecule has 0 saturated heterocycles. The number of ether oxygens (including phenoxy) is 4. The van der Waals surface area contributed by atoms with Crippen molar-refractivity contribution in [3.8, 4) is 29.1 Å². The predicted octanol–water partition coefficient (Wildman–Crippen LogP) is 3.72. The van der Waals surface area contributed by atoms with Crippen LogP contribution in [0.1, 0.15) is 25.0 Å². The number of methoxy groups -OCH3 is 2. The Hall–Kier alpha value is -3.66.